The van der Waals surface area contributed by atoms with Gasteiger partial charge in [-0.15, -0.1) is 11.6 Å². The number of alkyl halides is 1. The van der Waals surface area contributed by atoms with Gasteiger partial charge in [0.1, 0.15) is 11.3 Å². The van der Waals surface area contributed by atoms with Crippen molar-refractivity contribution >= 4 is 34.2 Å². The first-order valence-electron chi connectivity index (χ1n) is 6.33. The molecule has 5 heteroatoms. The fourth-order valence-corrected chi connectivity index (χ4v) is 2.85. The van der Waals surface area contributed by atoms with Crippen molar-refractivity contribution < 1.29 is 0 Å². The molecule has 1 aromatic carbocycles. The largest absolute Gasteiger partial charge is 0.320 e. The van der Waals surface area contributed by atoms with Crippen LogP contribution in [0.25, 0.3) is 11.0 Å². The van der Waals surface area contributed by atoms with Gasteiger partial charge < -0.3 is 4.57 Å². The van der Waals surface area contributed by atoms with Crippen LogP contribution in [0.2, 0.25) is 5.02 Å². The highest BCUT2D eigenvalue weighted by atomic mass is 35.5. The van der Waals surface area contributed by atoms with E-state index in [0.717, 1.165) is 22.4 Å². The Kier molecular flexibility index (Phi) is 3.64. The van der Waals surface area contributed by atoms with Gasteiger partial charge in [0, 0.05) is 12.4 Å². The molecule has 0 amide bonds. The van der Waals surface area contributed by atoms with Crippen molar-refractivity contribution in [1.29, 1.82) is 0 Å². The van der Waals surface area contributed by atoms with Crippen LogP contribution in [0.1, 0.15) is 24.4 Å². The molecule has 3 rings (SSSR count). The minimum Gasteiger partial charge on any atom is -0.320 e. The molecule has 0 N–H and O–H groups in total. The van der Waals surface area contributed by atoms with Crippen molar-refractivity contribution in [3.05, 3.63) is 59.1 Å². The maximum atomic E-state index is 6.22. The summed E-state index contributed by atoms with van der Waals surface area (Å²) in [5, 5.41) is 0.648. The molecule has 20 heavy (non-hydrogen) atoms. The highest BCUT2D eigenvalue weighted by Gasteiger charge is 2.17. The lowest BCUT2D eigenvalue weighted by atomic mass is 10.1. The Morgan fingerprint density at radius 3 is 2.65 bits per heavy atom. The van der Waals surface area contributed by atoms with E-state index in [2.05, 4.69) is 21.5 Å². The van der Waals surface area contributed by atoms with Gasteiger partial charge in [-0.2, -0.15) is 0 Å². The highest BCUT2D eigenvalue weighted by Crippen LogP contribution is 2.30. The standard InChI is InChI=1S/C15H13Cl2N3/c1-10(11-5-7-18-8-6-11)20-13-4-2-3-12(17)15(13)19-14(20)9-16/h2-8,10H,9H2,1H3. The molecule has 3 aromatic rings. The third-order valence-electron chi connectivity index (χ3n) is 3.44. The Balaban J connectivity index is 2.22. The monoisotopic (exact) mass is 305 g/mol. The number of rotatable bonds is 3. The lowest BCUT2D eigenvalue weighted by Gasteiger charge is -2.17. The van der Waals surface area contributed by atoms with E-state index in [1.807, 2.05) is 30.3 Å². The van der Waals surface area contributed by atoms with Crippen LogP contribution in [0, 0.1) is 0 Å². The van der Waals surface area contributed by atoms with Crippen molar-refractivity contribution in [3.8, 4) is 0 Å². The fourth-order valence-electron chi connectivity index (χ4n) is 2.45. The first-order chi connectivity index (χ1) is 9.72. The molecule has 1 unspecified atom stereocenters. The first kappa shape index (κ1) is 13.4. The molecule has 2 aromatic heterocycles. The molecule has 0 radical (unpaired) electrons. The molecule has 3 nitrogen and oxygen atoms in total. The van der Waals surface area contributed by atoms with Gasteiger partial charge in [-0.25, -0.2) is 4.98 Å². The number of halogens is 2. The van der Waals surface area contributed by atoms with Gasteiger partial charge in [0.2, 0.25) is 0 Å². The fraction of sp³-hybridized carbons (Fsp3) is 0.200. The summed E-state index contributed by atoms with van der Waals surface area (Å²) in [4.78, 5) is 8.62. The third kappa shape index (κ3) is 2.17. The van der Waals surface area contributed by atoms with Crippen LogP contribution >= 0.6 is 23.2 Å². The maximum absolute atomic E-state index is 6.22. The third-order valence-corrected chi connectivity index (χ3v) is 3.98. The quantitative estimate of drug-likeness (QED) is 0.670. The summed E-state index contributed by atoms with van der Waals surface area (Å²) in [7, 11) is 0. The van der Waals surface area contributed by atoms with Crippen LogP contribution in [-0.2, 0) is 5.88 Å². The van der Waals surface area contributed by atoms with Crippen molar-refractivity contribution in [2.75, 3.05) is 0 Å². The Morgan fingerprint density at radius 1 is 1.20 bits per heavy atom. The molecule has 0 bridgehead atoms. The van der Waals surface area contributed by atoms with E-state index >= 15 is 0 Å². The zero-order chi connectivity index (χ0) is 14.1. The van der Waals surface area contributed by atoms with E-state index < -0.39 is 0 Å². The number of fused-ring (bicyclic) bond motifs is 1. The molecular formula is C15H13Cl2N3. The number of pyridine rings is 1. The predicted octanol–water partition coefficient (Wildman–Crippen LogP) is 4.43. The SMILES string of the molecule is CC(c1ccncc1)n1c(CCl)nc2c(Cl)cccc21. The van der Waals surface area contributed by atoms with Gasteiger partial charge in [0.25, 0.3) is 0 Å². The van der Waals surface area contributed by atoms with E-state index in [4.69, 9.17) is 23.2 Å². The molecule has 0 saturated carbocycles. The number of imidazole rings is 1. The molecular weight excluding hydrogens is 293 g/mol. The summed E-state index contributed by atoms with van der Waals surface area (Å²) in [5.41, 5.74) is 2.95. The van der Waals surface area contributed by atoms with E-state index in [1.165, 1.54) is 0 Å². The lowest BCUT2D eigenvalue weighted by molar-refractivity contribution is 0.633. The van der Waals surface area contributed by atoms with Crippen molar-refractivity contribution in [3.63, 3.8) is 0 Å². The number of para-hydroxylation sites is 1. The van der Waals surface area contributed by atoms with Crippen LogP contribution in [0.5, 0.6) is 0 Å². The Bertz CT molecular complexity index is 737. The second kappa shape index (κ2) is 5.43. The lowest BCUT2D eigenvalue weighted by Crippen LogP contribution is -2.09. The molecule has 1 atom stereocenters. The maximum Gasteiger partial charge on any atom is 0.125 e. The van der Waals surface area contributed by atoms with Crippen LogP contribution in [0.4, 0.5) is 0 Å². The molecule has 0 saturated heterocycles. The average molecular weight is 306 g/mol. The minimum atomic E-state index is 0.121. The number of benzene rings is 1. The summed E-state index contributed by atoms with van der Waals surface area (Å²) in [6.45, 7) is 2.12. The smallest absolute Gasteiger partial charge is 0.125 e. The molecule has 102 valence electrons. The summed E-state index contributed by atoms with van der Waals surface area (Å²) in [6, 6.07) is 9.91. The van der Waals surface area contributed by atoms with Crippen molar-refractivity contribution in [1.82, 2.24) is 14.5 Å². The van der Waals surface area contributed by atoms with Crippen LogP contribution in [0.15, 0.2) is 42.7 Å². The van der Waals surface area contributed by atoms with Gasteiger partial charge in [-0.3, -0.25) is 4.98 Å². The Hall–Kier alpha value is -1.58. The van der Waals surface area contributed by atoms with E-state index in [0.29, 0.717) is 10.9 Å². The highest BCUT2D eigenvalue weighted by molar-refractivity contribution is 6.35. The van der Waals surface area contributed by atoms with Crippen molar-refractivity contribution in [2.24, 2.45) is 0 Å². The first-order valence-corrected chi connectivity index (χ1v) is 7.25. The van der Waals surface area contributed by atoms with Gasteiger partial charge in [0.05, 0.1) is 22.5 Å². The summed E-state index contributed by atoms with van der Waals surface area (Å²) >= 11 is 12.3. The summed E-state index contributed by atoms with van der Waals surface area (Å²) in [6.07, 6.45) is 3.58. The Labute approximate surface area is 127 Å². The average Bonchev–Trinajstić information content (AvgIpc) is 2.87. The number of hydrogen-bond donors (Lipinski definition) is 0. The number of hydrogen-bond acceptors (Lipinski definition) is 2. The predicted molar refractivity (Wildman–Crippen MR) is 82.4 cm³/mol. The Morgan fingerprint density at radius 2 is 1.95 bits per heavy atom. The van der Waals surface area contributed by atoms with Crippen molar-refractivity contribution in [2.45, 2.75) is 18.8 Å². The van der Waals surface area contributed by atoms with Crippen LogP contribution in [-0.4, -0.2) is 14.5 Å². The summed E-state index contributed by atoms with van der Waals surface area (Å²) in [5.74, 6) is 1.17. The van der Waals surface area contributed by atoms with Gasteiger partial charge in [-0.1, -0.05) is 17.7 Å². The molecule has 0 aliphatic heterocycles. The van der Waals surface area contributed by atoms with Crippen LogP contribution < -0.4 is 0 Å². The van der Waals surface area contributed by atoms with E-state index in [-0.39, 0.29) is 6.04 Å². The summed E-state index contributed by atoms with van der Waals surface area (Å²) < 4.78 is 2.13. The molecule has 0 fully saturated rings. The number of aromatic nitrogens is 3. The molecule has 0 spiro atoms. The topological polar surface area (TPSA) is 30.7 Å². The van der Waals surface area contributed by atoms with Gasteiger partial charge in [-0.05, 0) is 36.8 Å². The normalized spacial score (nSPS) is 12.8. The van der Waals surface area contributed by atoms with Crippen LogP contribution in [0.3, 0.4) is 0 Å². The molecule has 0 aliphatic carbocycles. The second-order valence-electron chi connectivity index (χ2n) is 4.60. The van der Waals surface area contributed by atoms with Gasteiger partial charge >= 0.3 is 0 Å². The van der Waals surface area contributed by atoms with E-state index in [1.54, 1.807) is 12.4 Å². The van der Waals surface area contributed by atoms with Gasteiger partial charge in [0.15, 0.2) is 0 Å². The van der Waals surface area contributed by atoms with E-state index in [9.17, 15) is 0 Å². The minimum absolute atomic E-state index is 0.121. The second-order valence-corrected chi connectivity index (χ2v) is 5.27. The zero-order valence-electron chi connectivity index (χ0n) is 10.9. The molecule has 0 aliphatic rings. The number of nitrogens with zero attached hydrogens (tertiary/aromatic N) is 3. The molecule has 2 heterocycles. The zero-order valence-corrected chi connectivity index (χ0v) is 12.4.